The van der Waals surface area contributed by atoms with Crippen LogP contribution < -0.4 is 16.2 Å². The highest BCUT2D eigenvalue weighted by Crippen LogP contribution is 2.14. The normalized spacial score (nSPS) is 17.2. The minimum Gasteiger partial charge on any atom is -0.501 e. The number of carbonyl (C=O) groups is 1. The summed E-state index contributed by atoms with van der Waals surface area (Å²) in [7, 11) is 0. The monoisotopic (exact) mass is 348 g/mol. The van der Waals surface area contributed by atoms with Crippen LogP contribution in [0.25, 0.3) is 0 Å². The van der Waals surface area contributed by atoms with Crippen molar-refractivity contribution in [3.05, 3.63) is 57.5 Å². The standard InChI is InChI=1S/C16H17FN4O4/c17-10-3-1-9(2-4-10)7-19-15(23)12-13(22)16(24)21-14(20-12)11-8-25-6-5-18-11/h1-4,11,18,22H,5-8H2,(H,19,23)(H,20,21,24). The van der Waals surface area contributed by atoms with Crippen molar-refractivity contribution in [3.63, 3.8) is 0 Å². The number of nitrogens with zero attached hydrogens (tertiary/aromatic N) is 1. The van der Waals surface area contributed by atoms with Crippen LogP contribution in [-0.2, 0) is 11.3 Å². The van der Waals surface area contributed by atoms with Gasteiger partial charge in [-0.1, -0.05) is 12.1 Å². The van der Waals surface area contributed by atoms with E-state index in [-0.39, 0.29) is 29.9 Å². The molecule has 8 nitrogen and oxygen atoms in total. The molecule has 1 aromatic heterocycles. The zero-order chi connectivity index (χ0) is 17.8. The Morgan fingerprint density at radius 2 is 2.16 bits per heavy atom. The first-order valence-corrected chi connectivity index (χ1v) is 7.71. The molecule has 25 heavy (non-hydrogen) atoms. The number of nitrogens with one attached hydrogen (secondary N) is 3. The Morgan fingerprint density at radius 1 is 1.40 bits per heavy atom. The number of benzene rings is 1. The summed E-state index contributed by atoms with van der Waals surface area (Å²) in [6.45, 7) is 1.53. The third kappa shape index (κ3) is 4.01. The number of aromatic hydroxyl groups is 1. The van der Waals surface area contributed by atoms with E-state index in [0.29, 0.717) is 25.3 Å². The van der Waals surface area contributed by atoms with E-state index < -0.39 is 17.2 Å². The predicted molar refractivity (Wildman–Crippen MR) is 85.7 cm³/mol. The molecule has 0 bridgehead atoms. The number of morpholine rings is 1. The number of halogens is 1. The van der Waals surface area contributed by atoms with Crippen molar-refractivity contribution in [2.45, 2.75) is 12.6 Å². The first-order valence-electron chi connectivity index (χ1n) is 7.71. The lowest BCUT2D eigenvalue weighted by atomic mass is 10.2. The van der Waals surface area contributed by atoms with E-state index in [2.05, 4.69) is 20.6 Å². The van der Waals surface area contributed by atoms with Gasteiger partial charge < -0.3 is 25.5 Å². The average Bonchev–Trinajstić information content (AvgIpc) is 2.64. The minimum absolute atomic E-state index is 0.104. The lowest BCUT2D eigenvalue weighted by molar-refractivity contribution is 0.0737. The Bertz CT molecular complexity index is 816. The molecule has 2 aromatic rings. The molecule has 1 fully saturated rings. The van der Waals surface area contributed by atoms with E-state index >= 15 is 0 Å². The van der Waals surface area contributed by atoms with Crippen LogP contribution in [0, 0.1) is 5.82 Å². The zero-order valence-electron chi connectivity index (χ0n) is 13.2. The second-order valence-electron chi connectivity index (χ2n) is 5.54. The molecule has 132 valence electrons. The van der Waals surface area contributed by atoms with Gasteiger partial charge in [0.15, 0.2) is 5.69 Å². The largest absolute Gasteiger partial charge is 0.501 e. The lowest BCUT2D eigenvalue weighted by Gasteiger charge is -2.23. The Balaban J connectivity index is 1.77. The number of aromatic nitrogens is 2. The van der Waals surface area contributed by atoms with Gasteiger partial charge in [0, 0.05) is 13.1 Å². The molecule has 1 amide bonds. The molecule has 1 aromatic carbocycles. The number of ether oxygens (including phenoxy) is 1. The molecule has 1 aliphatic rings. The Labute approximate surface area is 142 Å². The Kier molecular flexibility index (Phi) is 5.05. The molecule has 0 saturated carbocycles. The van der Waals surface area contributed by atoms with Gasteiger partial charge in [0.05, 0.1) is 19.3 Å². The third-order valence-electron chi connectivity index (χ3n) is 3.75. The van der Waals surface area contributed by atoms with Gasteiger partial charge in [-0.05, 0) is 17.7 Å². The van der Waals surface area contributed by atoms with Crippen molar-refractivity contribution in [3.8, 4) is 5.75 Å². The van der Waals surface area contributed by atoms with E-state index in [4.69, 9.17) is 4.74 Å². The highest BCUT2D eigenvalue weighted by atomic mass is 19.1. The predicted octanol–water partition coefficient (Wildman–Crippen LogP) is 0.205. The molecule has 1 saturated heterocycles. The molecule has 9 heteroatoms. The van der Waals surface area contributed by atoms with Gasteiger partial charge in [0.2, 0.25) is 5.75 Å². The van der Waals surface area contributed by atoms with Gasteiger partial charge in [-0.3, -0.25) is 9.59 Å². The molecule has 1 aliphatic heterocycles. The van der Waals surface area contributed by atoms with Crippen molar-refractivity contribution in [1.29, 1.82) is 0 Å². The molecular weight excluding hydrogens is 331 g/mol. The van der Waals surface area contributed by atoms with Gasteiger partial charge in [-0.25, -0.2) is 9.37 Å². The van der Waals surface area contributed by atoms with Gasteiger partial charge in [0.1, 0.15) is 11.6 Å². The van der Waals surface area contributed by atoms with Gasteiger partial charge in [0.25, 0.3) is 11.5 Å². The number of hydrogen-bond donors (Lipinski definition) is 4. The summed E-state index contributed by atoms with van der Waals surface area (Å²) in [5.74, 6) is -1.62. The van der Waals surface area contributed by atoms with Crippen molar-refractivity contribution in [2.24, 2.45) is 0 Å². The summed E-state index contributed by atoms with van der Waals surface area (Å²) in [6.07, 6.45) is 0. The summed E-state index contributed by atoms with van der Waals surface area (Å²) in [5, 5.41) is 15.5. The van der Waals surface area contributed by atoms with E-state index in [1.807, 2.05) is 0 Å². The molecule has 0 aliphatic carbocycles. The van der Waals surface area contributed by atoms with Gasteiger partial charge in [-0.15, -0.1) is 0 Å². The topological polar surface area (TPSA) is 116 Å². The van der Waals surface area contributed by atoms with Crippen LogP contribution in [-0.4, -0.2) is 40.7 Å². The molecule has 1 unspecified atom stereocenters. The second-order valence-corrected chi connectivity index (χ2v) is 5.54. The molecular formula is C16H17FN4O4. The number of H-pyrrole nitrogens is 1. The first-order chi connectivity index (χ1) is 12.0. The fraction of sp³-hybridized carbons (Fsp3) is 0.312. The smallest absolute Gasteiger partial charge is 0.293 e. The maximum Gasteiger partial charge on any atom is 0.293 e. The Morgan fingerprint density at radius 3 is 2.84 bits per heavy atom. The maximum atomic E-state index is 12.9. The quantitative estimate of drug-likeness (QED) is 0.627. The number of carbonyl (C=O) groups excluding carboxylic acids is 1. The van der Waals surface area contributed by atoms with E-state index in [0.717, 1.165) is 0 Å². The van der Waals surface area contributed by atoms with Gasteiger partial charge in [-0.2, -0.15) is 0 Å². The fourth-order valence-corrected chi connectivity index (χ4v) is 2.42. The number of hydrogen-bond acceptors (Lipinski definition) is 6. The molecule has 1 atom stereocenters. The Hall–Kier alpha value is -2.78. The SMILES string of the molecule is O=C(NCc1ccc(F)cc1)c1nc(C2COCCN2)[nH]c(=O)c1O. The van der Waals surface area contributed by atoms with Crippen LogP contribution in [0.2, 0.25) is 0 Å². The highest BCUT2D eigenvalue weighted by Gasteiger charge is 2.23. The zero-order valence-corrected chi connectivity index (χ0v) is 13.2. The minimum atomic E-state index is -0.802. The number of aromatic amines is 1. The first kappa shape index (κ1) is 17.1. The van der Waals surface area contributed by atoms with Crippen molar-refractivity contribution in [2.75, 3.05) is 19.8 Å². The summed E-state index contributed by atoms with van der Waals surface area (Å²) in [6, 6.07) is 5.23. The molecule has 0 spiro atoms. The summed E-state index contributed by atoms with van der Waals surface area (Å²) in [5.41, 5.74) is -0.501. The van der Waals surface area contributed by atoms with Crippen LogP contribution in [0.4, 0.5) is 4.39 Å². The van der Waals surface area contributed by atoms with E-state index in [1.165, 1.54) is 24.3 Å². The van der Waals surface area contributed by atoms with Crippen LogP contribution in [0.3, 0.4) is 0 Å². The van der Waals surface area contributed by atoms with Crippen LogP contribution in [0.5, 0.6) is 5.75 Å². The summed E-state index contributed by atoms with van der Waals surface area (Å²) in [4.78, 5) is 30.7. The maximum absolute atomic E-state index is 12.9. The molecule has 2 heterocycles. The van der Waals surface area contributed by atoms with Gasteiger partial charge >= 0.3 is 0 Å². The van der Waals surface area contributed by atoms with Crippen LogP contribution in [0.15, 0.2) is 29.1 Å². The number of rotatable bonds is 4. The summed E-state index contributed by atoms with van der Waals surface area (Å²) >= 11 is 0. The van der Waals surface area contributed by atoms with Crippen LogP contribution in [0.1, 0.15) is 27.9 Å². The average molecular weight is 348 g/mol. The van der Waals surface area contributed by atoms with Crippen molar-refractivity contribution < 1.29 is 19.0 Å². The molecule has 0 radical (unpaired) electrons. The summed E-state index contributed by atoms with van der Waals surface area (Å²) < 4.78 is 18.2. The molecule has 3 rings (SSSR count). The highest BCUT2D eigenvalue weighted by molar-refractivity contribution is 5.94. The van der Waals surface area contributed by atoms with E-state index in [9.17, 15) is 19.1 Å². The molecule has 4 N–H and O–H groups in total. The van der Waals surface area contributed by atoms with Crippen molar-refractivity contribution >= 4 is 5.91 Å². The second kappa shape index (κ2) is 7.41. The van der Waals surface area contributed by atoms with Crippen LogP contribution >= 0.6 is 0 Å². The van der Waals surface area contributed by atoms with Crippen molar-refractivity contribution in [1.82, 2.24) is 20.6 Å². The van der Waals surface area contributed by atoms with E-state index in [1.54, 1.807) is 0 Å². The third-order valence-corrected chi connectivity index (χ3v) is 3.75. The lowest BCUT2D eigenvalue weighted by Crippen LogP contribution is -2.37. The fourth-order valence-electron chi connectivity index (χ4n) is 2.42. The number of amides is 1.